The van der Waals surface area contributed by atoms with Crippen molar-refractivity contribution in [3.05, 3.63) is 82.9 Å². The van der Waals surface area contributed by atoms with Crippen LogP contribution in [-0.4, -0.2) is 34.8 Å². The van der Waals surface area contributed by atoms with Crippen LogP contribution in [0.15, 0.2) is 60.7 Å². The maximum atomic E-state index is 14.6. The van der Waals surface area contributed by atoms with Crippen molar-refractivity contribution in [2.45, 2.75) is 19.8 Å². The molecule has 0 saturated heterocycles. The van der Waals surface area contributed by atoms with Gasteiger partial charge in [-0.1, -0.05) is 36.4 Å². The van der Waals surface area contributed by atoms with Gasteiger partial charge in [0.25, 0.3) is 7.37 Å². The van der Waals surface area contributed by atoms with Crippen LogP contribution < -0.4 is 20.4 Å². The van der Waals surface area contributed by atoms with Crippen molar-refractivity contribution in [3.63, 3.8) is 0 Å². The maximum Gasteiger partial charge on any atom is 0.262 e. The Hall–Kier alpha value is -2.55. The largest absolute Gasteiger partial charge is 0.378 e. The first-order chi connectivity index (χ1) is 14.8. The minimum atomic E-state index is -3.25. The van der Waals surface area contributed by atoms with E-state index in [-0.39, 0.29) is 5.92 Å². The van der Waals surface area contributed by atoms with Crippen molar-refractivity contribution < 1.29 is 9.09 Å². The second-order valence-electron chi connectivity index (χ2n) is 8.53. The van der Waals surface area contributed by atoms with Crippen molar-refractivity contribution in [3.8, 4) is 0 Å². The van der Waals surface area contributed by atoms with Crippen LogP contribution in [0.5, 0.6) is 0 Å². The highest BCUT2D eigenvalue weighted by atomic mass is 31.2. The second kappa shape index (κ2) is 8.18. The molecule has 0 bridgehead atoms. The molecule has 3 aromatic rings. The third-order valence-corrected chi connectivity index (χ3v) is 8.79. The molecule has 0 atom stereocenters. The fraction of sp³-hybridized carbons (Fsp3) is 0.308. The van der Waals surface area contributed by atoms with E-state index in [1.165, 1.54) is 11.1 Å². The SMILES string of the molecule is CCOP1(=O)c2cc(N(C)C)ccc2C(c2ccccc2C)c2ccc(N(C)C)cc21. The molecule has 31 heavy (non-hydrogen) atoms. The van der Waals surface area contributed by atoms with Crippen LogP contribution in [0.4, 0.5) is 11.4 Å². The Balaban J connectivity index is 2.09. The molecule has 1 aliphatic heterocycles. The summed E-state index contributed by atoms with van der Waals surface area (Å²) < 4.78 is 20.8. The predicted molar refractivity (Wildman–Crippen MR) is 132 cm³/mol. The molecule has 1 aliphatic rings. The van der Waals surface area contributed by atoms with Crippen molar-refractivity contribution in [2.24, 2.45) is 0 Å². The second-order valence-corrected chi connectivity index (χ2v) is 10.9. The van der Waals surface area contributed by atoms with E-state index in [1.54, 1.807) is 0 Å². The van der Waals surface area contributed by atoms with Gasteiger partial charge in [-0.15, -0.1) is 0 Å². The van der Waals surface area contributed by atoms with Gasteiger partial charge in [-0.05, 0) is 60.4 Å². The van der Waals surface area contributed by atoms with E-state index in [0.717, 1.165) is 33.1 Å². The molecule has 0 amide bonds. The summed E-state index contributed by atoms with van der Waals surface area (Å²) in [4.78, 5) is 4.09. The molecule has 0 aromatic heterocycles. The molecule has 1 heterocycles. The highest BCUT2D eigenvalue weighted by Gasteiger charge is 2.42. The molecular formula is C26H31N2O2P. The number of aryl methyl sites for hydroxylation is 1. The number of hydrogen-bond acceptors (Lipinski definition) is 4. The van der Waals surface area contributed by atoms with E-state index in [9.17, 15) is 4.57 Å². The molecule has 0 fully saturated rings. The maximum absolute atomic E-state index is 14.6. The Morgan fingerprint density at radius 2 is 1.32 bits per heavy atom. The highest BCUT2D eigenvalue weighted by molar-refractivity contribution is 7.74. The van der Waals surface area contributed by atoms with Crippen LogP contribution in [0, 0.1) is 6.92 Å². The molecule has 162 valence electrons. The number of hydrogen-bond donors (Lipinski definition) is 0. The minimum Gasteiger partial charge on any atom is -0.378 e. The monoisotopic (exact) mass is 434 g/mol. The zero-order valence-corrected chi connectivity index (χ0v) is 20.1. The predicted octanol–water partition coefficient (Wildman–Crippen LogP) is 4.89. The molecule has 0 radical (unpaired) electrons. The van der Waals surface area contributed by atoms with E-state index >= 15 is 0 Å². The van der Waals surface area contributed by atoms with Crippen LogP contribution in [-0.2, 0) is 9.09 Å². The average Bonchev–Trinajstić information content (AvgIpc) is 2.75. The fourth-order valence-electron chi connectivity index (χ4n) is 4.48. The first-order valence-corrected chi connectivity index (χ1v) is 12.3. The molecule has 0 saturated carbocycles. The molecule has 3 aromatic carbocycles. The average molecular weight is 435 g/mol. The third-order valence-electron chi connectivity index (χ3n) is 6.13. The van der Waals surface area contributed by atoms with Gasteiger partial charge in [-0.25, -0.2) is 0 Å². The van der Waals surface area contributed by atoms with Gasteiger partial charge >= 0.3 is 0 Å². The molecule has 0 N–H and O–H groups in total. The topological polar surface area (TPSA) is 32.8 Å². The Kier molecular flexibility index (Phi) is 5.72. The van der Waals surface area contributed by atoms with Crippen molar-refractivity contribution in [1.82, 2.24) is 0 Å². The van der Waals surface area contributed by atoms with Crippen LogP contribution in [0.2, 0.25) is 0 Å². The summed E-state index contributed by atoms with van der Waals surface area (Å²) >= 11 is 0. The summed E-state index contributed by atoms with van der Waals surface area (Å²) in [6.45, 7) is 4.45. The lowest BCUT2D eigenvalue weighted by Crippen LogP contribution is -2.34. The molecule has 4 nitrogen and oxygen atoms in total. The molecule has 0 aliphatic carbocycles. The number of anilines is 2. The smallest absolute Gasteiger partial charge is 0.262 e. The van der Waals surface area contributed by atoms with Crippen LogP contribution in [0.25, 0.3) is 0 Å². The Morgan fingerprint density at radius 1 is 0.806 bits per heavy atom. The summed E-state index contributed by atoms with van der Waals surface area (Å²) in [5.41, 5.74) is 6.65. The molecule has 0 unspecified atom stereocenters. The lowest BCUT2D eigenvalue weighted by Gasteiger charge is -2.36. The number of rotatable bonds is 5. The summed E-state index contributed by atoms with van der Waals surface area (Å²) in [7, 11) is 4.78. The summed E-state index contributed by atoms with van der Waals surface area (Å²) in [5.74, 6) is 0.0150. The molecule has 5 heteroatoms. The third kappa shape index (κ3) is 3.58. The van der Waals surface area contributed by atoms with Gasteiger partial charge in [0.1, 0.15) is 0 Å². The number of nitrogens with zero attached hydrogens (tertiary/aromatic N) is 2. The summed E-state index contributed by atoms with van der Waals surface area (Å²) in [6, 6.07) is 21.1. The quantitative estimate of drug-likeness (QED) is 0.536. The standard InChI is InChI=1S/C26H31N2O2P/c1-7-30-31(29)24-16-19(27(3)4)12-14-22(24)26(21-11-9-8-10-18(21)2)23-15-13-20(28(5)6)17-25(23)31/h8-17,26H,7H2,1-6H3. The minimum absolute atomic E-state index is 0.0150. The molecule has 4 rings (SSSR count). The Labute approximate surface area is 185 Å². The van der Waals surface area contributed by atoms with Gasteiger partial charge in [-0.3, -0.25) is 4.57 Å². The Morgan fingerprint density at radius 3 is 1.77 bits per heavy atom. The summed E-state index contributed by atoms with van der Waals surface area (Å²) in [5, 5.41) is 1.63. The molecule has 0 spiro atoms. The number of benzene rings is 3. The lowest BCUT2D eigenvalue weighted by molar-refractivity contribution is 0.347. The zero-order valence-electron chi connectivity index (χ0n) is 19.2. The molecular weight excluding hydrogens is 403 g/mol. The van der Waals surface area contributed by atoms with Crippen LogP contribution in [0.1, 0.15) is 35.1 Å². The van der Waals surface area contributed by atoms with Gasteiger partial charge in [-0.2, -0.15) is 0 Å². The first kappa shape index (κ1) is 21.7. The zero-order chi connectivity index (χ0) is 22.3. The number of fused-ring (bicyclic) bond motifs is 2. The Bertz CT molecular complexity index is 1110. The van der Waals surface area contributed by atoms with Gasteiger partial charge < -0.3 is 14.3 Å². The summed E-state index contributed by atoms with van der Waals surface area (Å²) in [6.07, 6.45) is 0. The van der Waals surface area contributed by atoms with E-state index in [4.69, 9.17) is 4.52 Å². The van der Waals surface area contributed by atoms with Gasteiger partial charge in [0.15, 0.2) is 0 Å². The van der Waals surface area contributed by atoms with E-state index in [1.807, 2.05) is 44.9 Å². The normalized spacial score (nSPS) is 19.5. The van der Waals surface area contributed by atoms with Crippen molar-refractivity contribution in [1.29, 1.82) is 0 Å². The van der Waals surface area contributed by atoms with Gasteiger partial charge in [0.05, 0.1) is 6.61 Å². The van der Waals surface area contributed by atoms with E-state index < -0.39 is 7.37 Å². The fourth-order valence-corrected chi connectivity index (χ4v) is 7.08. The van der Waals surface area contributed by atoms with E-state index in [0.29, 0.717) is 6.61 Å². The lowest BCUT2D eigenvalue weighted by atomic mass is 9.82. The van der Waals surface area contributed by atoms with Crippen molar-refractivity contribution >= 4 is 29.4 Å². The highest BCUT2D eigenvalue weighted by Crippen LogP contribution is 2.54. The van der Waals surface area contributed by atoms with E-state index in [2.05, 4.69) is 67.6 Å². The first-order valence-electron chi connectivity index (χ1n) is 10.7. The van der Waals surface area contributed by atoms with Crippen LogP contribution >= 0.6 is 7.37 Å². The van der Waals surface area contributed by atoms with Gasteiger partial charge in [0, 0.05) is 56.1 Å². The van der Waals surface area contributed by atoms with Crippen molar-refractivity contribution in [2.75, 3.05) is 44.6 Å². The van der Waals surface area contributed by atoms with Gasteiger partial charge in [0.2, 0.25) is 0 Å². The van der Waals surface area contributed by atoms with Crippen LogP contribution in [0.3, 0.4) is 0 Å².